The Kier molecular flexibility index (Phi) is 3.82. The van der Waals surface area contributed by atoms with E-state index >= 15 is 0 Å². The third kappa shape index (κ3) is 2.64. The van der Waals surface area contributed by atoms with Crippen LogP contribution < -0.4 is 0 Å². The third-order valence-corrected chi connectivity index (χ3v) is 2.14. The Morgan fingerprint density at radius 3 is 3.17 bits per heavy atom. The molecule has 1 unspecified atom stereocenters. The van der Waals surface area contributed by atoms with E-state index in [0.717, 1.165) is 0 Å². The van der Waals surface area contributed by atoms with Gasteiger partial charge in [-0.3, -0.25) is 4.79 Å². The van der Waals surface area contributed by atoms with E-state index in [4.69, 9.17) is 16.3 Å². The number of ether oxygens (including phenoxy) is 1. The van der Waals surface area contributed by atoms with Crippen molar-refractivity contribution in [3.05, 3.63) is 0 Å². The van der Waals surface area contributed by atoms with Crippen molar-refractivity contribution >= 4 is 17.5 Å². The molecular formula is C8H14ClNO2. The molecule has 1 aliphatic rings. The number of nitrogens with zero attached hydrogens (tertiary/aromatic N) is 1. The van der Waals surface area contributed by atoms with Gasteiger partial charge in [0.25, 0.3) is 0 Å². The average Bonchev–Trinajstić information content (AvgIpc) is 2.28. The van der Waals surface area contributed by atoms with E-state index in [1.54, 1.807) is 4.90 Å². The second kappa shape index (κ2) is 4.67. The first-order valence-corrected chi connectivity index (χ1v) is 4.67. The number of rotatable bonds is 1. The van der Waals surface area contributed by atoms with Crippen molar-refractivity contribution in [2.45, 2.75) is 18.7 Å². The molecule has 4 heteroatoms. The fraction of sp³-hybridized carbons (Fsp3) is 0.875. The monoisotopic (exact) mass is 191 g/mol. The lowest BCUT2D eigenvalue weighted by atomic mass is 10.3. The number of carbonyl (C=O) groups is 1. The highest BCUT2D eigenvalue weighted by Crippen LogP contribution is 2.06. The fourth-order valence-corrected chi connectivity index (χ4v) is 1.47. The number of hydrogen-bond donors (Lipinski definition) is 0. The first-order chi connectivity index (χ1) is 5.74. The summed E-state index contributed by atoms with van der Waals surface area (Å²) < 4.78 is 5.21. The van der Waals surface area contributed by atoms with Gasteiger partial charge in [0.05, 0.1) is 18.6 Å². The molecule has 1 aliphatic heterocycles. The minimum absolute atomic E-state index is 0.0528. The molecule has 0 bridgehead atoms. The minimum atomic E-state index is -0.0528. The van der Waals surface area contributed by atoms with Crippen LogP contribution in [0.15, 0.2) is 0 Å². The van der Waals surface area contributed by atoms with Crippen LogP contribution in [-0.4, -0.2) is 42.5 Å². The van der Waals surface area contributed by atoms with Crippen LogP contribution in [0.3, 0.4) is 0 Å². The predicted molar refractivity (Wildman–Crippen MR) is 47.3 cm³/mol. The summed E-state index contributed by atoms with van der Waals surface area (Å²) in [5.41, 5.74) is 0. The zero-order chi connectivity index (χ0) is 8.97. The number of amides is 1. The molecule has 3 nitrogen and oxygen atoms in total. The van der Waals surface area contributed by atoms with Gasteiger partial charge in [0.15, 0.2) is 0 Å². The molecule has 1 heterocycles. The Labute approximate surface area is 77.6 Å². The normalized spacial score (nSPS) is 25.2. The Balaban J connectivity index is 2.46. The minimum Gasteiger partial charge on any atom is -0.378 e. The van der Waals surface area contributed by atoms with Crippen LogP contribution in [0.25, 0.3) is 0 Å². The molecule has 12 heavy (non-hydrogen) atoms. The number of carbonyl (C=O) groups excluding carboxylic acids is 1. The van der Waals surface area contributed by atoms with Crippen LogP contribution in [-0.2, 0) is 9.53 Å². The Morgan fingerprint density at radius 1 is 1.75 bits per heavy atom. The molecule has 1 fully saturated rings. The van der Waals surface area contributed by atoms with Gasteiger partial charge in [0.1, 0.15) is 0 Å². The summed E-state index contributed by atoms with van der Waals surface area (Å²) >= 11 is 5.90. The van der Waals surface area contributed by atoms with Gasteiger partial charge in [-0.1, -0.05) is 6.92 Å². The molecule has 70 valence electrons. The van der Waals surface area contributed by atoms with Crippen molar-refractivity contribution < 1.29 is 9.53 Å². The average molecular weight is 192 g/mol. The van der Waals surface area contributed by atoms with Crippen LogP contribution in [0.4, 0.5) is 0 Å². The van der Waals surface area contributed by atoms with Crippen LogP contribution in [0.2, 0.25) is 0 Å². The molecule has 0 radical (unpaired) electrons. The van der Waals surface area contributed by atoms with E-state index in [1.165, 1.54) is 0 Å². The first kappa shape index (κ1) is 9.81. The molecule has 0 spiro atoms. The van der Waals surface area contributed by atoms with E-state index in [2.05, 4.69) is 0 Å². The van der Waals surface area contributed by atoms with Gasteiger partial charge >= 0.3 is 0 Å². The van der Waals surface area contributed by atoms with E-state index in [9.17, 15) is 4.79 Å². The molecule has 1 atom stereocenters. The maximum atomic E-state index is 11.3. The van der Waals surface area contributed by atoms with Crippen molar-refractivity contribution in [3.8, 4) is 0 Å². The van der Waals surface area contributed by atoms with Crippen LogP contribution in [0.5, 0.6) is 0 Å². The molecule has 0 N–H and O–H groups in total. The predicted octanol–water partition coefficient (Wildman–Crippen LogP) is 0.863. The standard InChI is InChI=1S/C8H14ClNO2/c1-2-8(11)10-3-4-12-6-7(9)5-10/h7H,2-6H2,1H3. The SMILES string of the molecule is CCC(=O)N1CCOCC(Cl)C1. The molecule has 0 saturated carbocycles. The maximum Gasteiger partial charge on any atom is 0.222 e. The summed E-state index contributed by atoms with van der Waals surface area (Å²) in [6, 6.07) is 0. The van der Waals surface area contributed by atoms with Crippen molar-refractivity contribution in [1.82, 2.24) is 4.90 Å². The van der Waals surface area contributed by atoms with Crippen LogP contribution in [0.1, 0.15) is 13.3 Å². The molecule has 1 rings (SSSR count). The molecule has 0 aromatic heterocycles. The zero-order valence-corrected chi connectivity index (χ0v) is 8.01. The lowest BCUT2D eigenvalue weighted by molar-refractivity contribution is -0.130. The van der Waals surface area contributed by atoms with Crippen LogP contribution >= 0.6 is 11.6 Å². The van der Waals surface area contributed by atoms with E-state index in [1.807, 2.05) is 6.92 Å². The Bertz CT molecular complexity index is 163. The van der Waals surface area contributed by atoms with E-state index in [0.29, 0.717) is 32.7 Å². The summed E-state index contributed by atoms with van der Waals surface area (Å²) in [7, 11) is 0. The quantitative estimate of drug-likeness (QED) is 0.576. The van der Waals surface area contributed by atoms with Gasteiger partial charge in [0.2, 0.25) is 5.91 Å². The highest BCUT2D eigenvalue weighted by atomic mass is 35.5. The van der Waals surface area contributed by atoms with Crippen molar-refractivity contribution in [2.75, 3.05) is 26.3 Å². The van der Waals surface area contributed by atoms with Crippen molar-refractivity contribution in [1.29, 1.82) is 0 Å². The second-order valence-electron chi connectivity index (χ2n) is 2.87. The zero-order valence-electron chi connectivity index (χ0n) is 7.25. The lowest BCUT2D eigenvalue weighted by Crippen LogP contribution is -2.35. The van der Waals surface area contributed by atoms with Gasteiger partial charge in [-0.15, -0.1) is 11.6 Å². The lowest BCUT2D eigenvalue weighted by Gasteiger charge is -2.19. The first-order valence-electron chi connectivity index (χ1n) is 4.23. The highest BCUT2D eigenvalue weighted by Gasteiger charge is 2.19. The topological polar surface area (TPSA) is 29.5 Å². The molecule has 0 aliphatic carbocycles. The number of alkyl halides is 1. The second-order valence-corrected chi connectivity index (χ2v) is 3.48. The number of hydrogen-bond acceptors (Lipinski definition) is 2. The van der Waals surface area contributed by atoms with E-state index in [-0.39, 0.29) is 11.3 Å². The summed E-state index contributed by atoms with van der Waals surface area (Å²) in [6.07, 6.45) is 0.545. The van der Waals surface area contributed by atoms with Crippen molar-refractivity contribution in [2.24, 2.45) is 0 Å². The fourth-order valence-electron chi connectivity index (χ4n) is 1.22. The number of halogens is 1. The molecule has 1 amide bonds. The van der Waals surface area contributed by atoms with Crippen molar-refractivity contribution in [3.63, 3.8) is 0 Å². The van der Waals surface area contributed by atoms with Gasteiger partial charge in [-0.25, -0.2) is 0 Å². The van der Waals surface area contributed by atoms with E-state index < -0.39 is 0 Å². The smallest absolute Gasteiger partial charge is 0.222 e. The molecule has 1 saturated heterocycles. The summed E-state index contributed by atoms with van der Waals surface area (Å²) in [5.74, 6) is 0.158. The Hall–Kier alpha value is -0.280. The van der Waals surface area contributed by atoms with Crippen LogP contribution in [0, 0.1) is 0 Å². The van der Waals surface area contributed by atoms with Gasteiger partial charge in [-0.2, -0.15) is 0 Å². The van der Waals surface area contributed by atoms with Gasteiger partial charge < -0.3 is 9.64 Å². The van der Waals surface area contributed by atoms with Gasteiger partial charge in [-0.05, 0) is 0 Å². The summed E-state index contributed by atoms with van der Waals surface area (Å²) in [5, 5.41) is -0.0528. The molecule has 0 aromatic rings. The van der Waals surface area contributed by atoms with Gasteiger partial charge in [0, 0.05) is 19.5 Å². The molecule has 0 aromatic carbocycles. The Morgan fingerprint density at radius 2 is 2.50 bits per heavy atom. The highest BCUT2D eigenvalue weighted by molar-refractivity contribution is 6.21. The maximum absolute atomic E-state index is 11.3. The third-order valence-electron chi connectivity index (χ3n) is 1.88. The summed E-state index contributed by atoms with van der Waals surface area (Å²) in [6.45, 7) is 4.31. The largest absolute Gasteiger partial charge is 0.378 e. The molecular weight excluding hydrogens is 178 g/mol. The summed E-state index contributed by atoms with van der Waals surface area (Å²) in [4.78, 5) is 13.0.